The highest BCUT2D eigenvalue weighted by Gasteiger charge is 2.33. The van der Waals surface area contributed by atoms with Crippen molar-refractivity contribution in [1.29, 1.82) is 0 Å². The van der Waals surface area contributed by atoms with Crippen LogP contribution in [0.15, 0.2) is 58.7 Å². The molecule has 2 bridgehead atoms. The van der Waals surface area contributed by atoms with E-state index in [0.29, 0.717) is 37.3 Å². The Morgan fingerprint density at radius 1 is 1.11 bits per heavy atom. The van der Waals surface area contributed by atoms with E-state index in [1.54, 1.807) is 26.2 Å². The van der Waals surface area contributed by atoms with Crippen LogP contribution >= 0.6 is 0 Å². The number of carbonyl (C=O) groups excluding carboxylic acids is 4. The summed E-state index contributed by atoms with van der Waals surface area (Å²) in [5.41, 5.74) is 6.16. The number of allylic oxidation sites excluding steroid dienone is 5. The number of rotatable bonds is 8. The Hall–Kier alpha value is -3.74. The van der Waals surface area contributed by atoms with Crippen LogP contribution in [0.1, 0.15) is 40.5 Å². The second-order valence-electron chi connectivity index (χ2n) is 11.9. The summed E-state index contributed by atoms with van der Waals surface area (Å²) in [6.07, 6.45) is 5.52. The average molecular weight is 631 g/mol. The molecule has 4 N–H and O–H groups in total. The molecule has 0 aromatic rings. The number of hydrogen-bond acceptors (Lipinski definition) is 10. The van der Waals surface area contributed by atoms with Crippen LogP contribution in [-0.2, 0) is 33.3 Å². The van der Waals surface area contributed by atoms with Crippen LogP contribution < -0.4 is 16.4 Å². The van der Waals surface area contributed by atoms with Crippen LogP contribution in [0.2, 0.25) is 0 Å². The average Bonchev–Trinajstić information content (AvgIpc) is 2.98. The summed E-state index contributed by atoms with van der Waals surface area (Å²) in [5, 5.41) is 5.78. The summed E-state index contributed by atoms with van der Waals surface area (Å²) in [6, 6.07) is 0. The highest BCUT2D eigenvalue weighted by atomic mass is 16.6. The van der Waals surface area contributed by atoms with Crippen molar-refractivity contribution in [3.63, 3.8) is 0 Å². The van der Waals surface area contributed by atoms with Gasteiger partial charge < -0.3 is 40.2 Å². The minimum absolute atomic E-state index is 0.0360. The zero-order valence-electron chi connectivity index (χ0n) is 28.0. The number of nitrogens with two attached hydrogens (primary N) is 1. The summed E-state index contributed by atoms with van der Waals surface area (Å²) < 4.78 is 22.6. The van der Waals surface area contributed by atoms with Crippen LogP contribution in [0.25, 0.3) is 0 Å². The van der Waals surface area contributed by atoms with Crippen molar-refractivity contribution in [3.8, 4) is 0 Å². The van der Waals surface area contributed by atoms with E-state index < -0.39 is 30.0 Å². The van der Waals surface area contributed by atoms with Gasteiger partial charge in [0.2, 0.25) is 11.6 Å². The number of fused-ring (bicyclic) bond motifs is 2. The molecule has 2 aliphatic rings. The molecule has 0 aromatic carbocycles. The molecule has 1 aliphatic heterocycles. The first-order valence-electron chi connectivity index (χ1n) is 15.1. The number of hydrogen-bond donors (Lipinski definition) is 3. The monoisotopic (exact) mass is 630 g/mol. The highest BCUT2D eigenvalue weighted by molar-refractivity contribution is 6.23. The van der Waals surface area contributed by atoms with Gasteiger partial charge in [-0.05, 0) is 57.7 Å². The highest BCUT2D eigenvalue weighted by Crippen LogP contribution is 2.31. The van der Waals surface area contributed by atoms with Crippen molar-refractivity contribution in [2.75, 3.05) is 48.5 Å². The van der Waals surface area contributed by atoms with Gasteiger partial charge >= 0.3 is 6.09 Å². The van der Waals surface area contributed by atoms with Crippen LogP contribution in [-0.4, -0.2) is 95.3 Å². The molecule has 1 heterocycles. The number of Topliss-reactive ketones (excluding diaryl/α,β-unsaturated/α-hetero) is 1. The number of ketones is 2. The molecular weight excluding hydrogens is 580 g/mol. The lowest BCUT2D eigenvalue weighted by atomic mass is 9.82. The van der Waals surface area contributed by atoms with E-state index >= 15 is 0 Å². The van der Waals surface area contributed by atoms with E-state index in [1.165, 1.54) is 26.4 Å². The summed E-state index contributed by atoms with van der Waals surface area (Å²) in [6.45, 7) is 8.74. The van der Waals surface area contributed by atoms with E-state index in [0.717, 1.165) is 0 Å². The number of methoxy groups -OCH3 is 3. The molecule has 0 aromatic heterocycles. The van der Waals surface area contributed by atoms with Gasteiger partial charge in [0.05, 0.1) is 24.6 Å². The summed E-state index contributed by atoms with van der Waals surface area (Å²) in [7, 11) is 8.39. The molecule has 2 amide bonds. The van der Waals surface area contributed by atoms with Gasteiger partial charge in [-0.15, -0.1) is 0 Å². The molecule has 12 heteroatoms. The third kappa shape index (κ3) is 10.7. The number of amides is 2. The van der Waals surface area contributed by atoms with E-state index in [4.69, 9.17) is 24.7 Å². The first-order chi connectivity index (χ1) is 21.2. The summed E-state index contributed by atoms with van der Waals surface area (Å²) >= 11 is 0. The second-order valence-corrected chi connectivity index (χ2v) is 11.9. The van der Waals surface area contributed by atoms with E-state index in [1.807, 2.05) is 45.8 Å². The van der Waals surface area contributed by atoms with Crippen LogP contribution in [0.3, 0.4) is 0 Å². The Morgan fingerprint density at radius 3 is 2.38 bits per heavy atom. The minimum Gasteiger partial charge on any atom is -0.497 e. The smallest absolute Gasteiger partial charge is 0.405 e. The first-order valence-corrected chi connectivity index (χ1v) is 15.1. The Morgan fingerprint density at radius 2 is 1.80 bits per heavy atom. The number of carbonyl (C=O) groups is 4. The van der Waals surface area contributed by atoms with Crippen molar-refractivity contribution >= 4 is 23.6 Å². The van der Waals surface area contributed by atoms with Crippen molar-refractivity contribution in [1.82, 2.24) is 15.5 Å². The molecule has 0 radical (unpaired) electrons. The summed E-state index contributed by atoms with van der Waals surface area (Å²) in [5.74, 6) is -1.21. The van der Waals surface area contributed by atoms with Gasteiger partial charge in [-0.1, -0.05) is 39.0 Å². The normalized spacial score (nSPS) is 30.4. The summed E-state index contributed by atoms with van der Waals surface area (Å²) in [4.78, 5) is 54.0. The largest absolute Gasteiger partial charge is 0.497 e. The topological polar surface area (TPSA) is 159 Å². The zero-order valence-corrected chi connectivity index (χ0v) is 28.0. The van der Waals surface area contributed by atoms with Crippen molar-refractivity contribution < 1.29 is 38.1 Å². The van der Waals surface area contributed by atoms with E-state index in [2.05, 4.69) is 10.6 Å². The standard InChI is InChI=1S/C33H50N4O8/c1-19-15-23-29(35-13-14-37(5)6)25(38)18-24(30(23)39)36-32(40)20(2)11-10-12-26(42-7)31(45-33(34)41)28(44-9)17-21(3)22(4)27(16-19)43-8/h10-12,17-19,21-22,26-27,31,35H,13-16H2,1-9H3,(H2,34,41)(H,36,40)/b12-10-,20-11+,28-17-/t19-,21+,22-,26+,27+,31-/m1/s1. The molecule has 250 valence electrons. The van der Waals surface area contributed by atoms with Crippen LogP contribution in [0.5, 0.6) is 0 Å². The molecule has 0 spiro atoms. The lowest BCUT2D eigenvalue weighted by Crippen LogP contribution is -2.37. The zero-order chi connectivity index (χ0) is 33.8. The molecule has 45 heavy (non-hydrogen) atoms. The van der Waals surface area contributed by atoms with Crippen molar-refractivity contribution in [3.05, 3.63) is 58.7 Å². The SMILES string of the molecule is CO/C1=C\[C@H](C)[C@@H](C)[C@@H](OC)C[C@H](C)CC2=C(NCCN(C)C)C(=O)C=C(NC(=O)/C(C)=C/C=C\[C@H](OC)[C@H]1OC(N)=O)C2=O. The van der Waals surface area contributed by atoms with Gasteiger partial charge in [0, 0.05) is 44.5 Å². The van der Waals surface area contributed by atoms with Gasteiger partial charge in [0.25, 0.3) is 5.91 Å². The quantitative estimate of drug-likeness (QED) is 0.341. The van der Waals surface area contributed by atoms with Gasteiger partial charge in [-0.3, -0.25) is 14.4 Å². The van der Waals surface area contributed by atoms with Gasteiger partial charge in [-0.25, -0.2) is 4.79 Å². The Balaban J connectivity index is 2.64. The van der Waals surface area contributed by atoms with E-state index in [9.17, 15) is 19.2 Å². The maximum absolute atomic E-state index is 13.8. The van der Waals surface area contributed by atoms with Crippen molar-refractivity contribution in [2.24, 2.45) is 23.5 Å². The second kappa shape index (κ2) is 17.7. The number of likely N-dealkylation sites (N-methyl/N-ethyl adjacent to an activating group) is 1. The molecule has 2 rings (SSSR count). The predicted molar refractivity (Wildman–Crippen MR) is 171 cm³/mol. The predicted octanol–water partition coefficient (Wildman–Crippen LogP) is 2.77. The third-order valence-corrected chi connectivity index (χ3v) is 8.12. The molecule has 12 nitrogen and oxygen atoms in total. The maximum Gasteiger partial charge on any atom is 0.405 e. The molecule has 6 atom stereocenters. The molecular formula is C33H50N4O8. The molecule has 0 saturated heterocycles. The fourth-order valence-electron chi connectivity index (χ4n) is 5.28. The Kier molecular flexibility index (Phi) is 14.7. The van der Waals surface area contributed by atoms with Gasteiger partial charge in [0.1, 0.15) is 11.9 Å². The Labute approximate surface area is 266 Å². The third-order valence-electron chi connectivity index (χ3n) is 8.12. The lowest BCUT2D eigenvalue weighted by Gasteiger charge is -2.31. The van der Waals surface area contributed by atoms with E-state index in [-0.39, 0.29) is 46.6 Å². The molecule has 0 saturated carbocycles. The number of primary amides is 1. The number of nitrogens with one attached hydrogen (secondary N) is 2. The lowest BCUT2D eigenvalue weighted by molar-refractivity contribution is -0.120. The van der Waals surface area contributed by atoms with Gasteiger partial charge in [0.15, 0.2) is 6.10 Å². The molecule has 0 fully saturated rings. The van der Waals surface area contributed by atoms with Crippen molar-refractivity contribution in [2.45, 2.75) is 58.8 Å². The fraction of sp³-hybridized carbons (Fsp3) is 0.576. The maximum atomic E-state index is 13.8. The number of ether oxygens (including phenoxy) is 4. The molecule has 0 unspecified atom stereocenters. The van der Waals surface area contributed by atoms with Crippen LogP contribution in [0.4, 0.5) is 4.79 Å². The van der Waals surface area contributed by atoms with Gasteiger partial charge in [-0.2, -0.15) is 0 Å². The fourth-order valence-corrected chi connectivity index (χ4v) is 5.28. The minimum atomic E-state index is -1.01. The Bertz CT molecular complexity index is 1250. The number of nitrogens with zero attached hydrogens (tertiary/aromatic N) is 1. The first kappa shape index (κ1) is 37.4. The molecule has 1 aliphatic carbocycles. The van der Waals surface area contributed by atoms with Crippen LogP contribution in [0, 0.1) is 17.8 Å².